The van der Waals surface area contributed by atoms with Gasteiger partial charge in [0.25, 0.3) is 0 Å². The summed E-state index contributed by atoms with van der Waals surface area (Å²) in [5.41, 5.74) is -0.704. The quantitative estimate of drug-likeness (QED) is 0.508. The highest BCUT2D eigenvalue weighted by Gasteiger charge is 2.56. The highest BCUT2D eigenvalue weighted by atomic mass is 16.5. The first-order valence-electron chi connectivity index (χ1n) is 7.93. The molecule has 0 aromatic carbocycles. The fourth-order valence-corrected chi connectivity index (χ4v) is 3.75. The van der Waals surface area contributed by atoms with Crippen LogP contribution in [-0.2, 0) is 38.1 Å². The molecule has 2 bridgehead atoms. The van der Waals surface area contributed by atoms with E-state index >= 15 is 0 Å². The van der Waals surface area contributed by atoms with Gasteiger partial charge in [-0.2, -0.15) is 0 Å². The molecular weight excluding hydrogens is 364 g/mol. The van der Waals surface area contributed by atoms with E-state index in [4.69, 9.17) is 0 Å². The van der Waals surface area contributed by atoms with Crippen molar-refractivity contribution in [3.8, 4) is 0 Å². The van der Waals surface area contributed by atoms with Crippen molar-refractivity contribution >= 4 is 23.9 Å². The first-order valence-corrected chi connectivity index (χ1v) is 7.93. The van der Waals surface area contributed by atoms with Crippen molar-refractivity contribution in [2.45, 2.75) is 6.42 Å². The number of fused-ring (bicyclic) bond motifs is 2. The zero-order chi connectivity index (χ0) is 20.5. The van der Waals surface area contributed by atoms with Crippen molar-refractivity contribution < 1.29 is 48.3 Å². The smallest absolute Gasteiger partial charge is 0.337 e. The fraction of sp³-hybridized carbons (Fsp3) is 0.529. The molecule has 0 fully saturated rings. The first-order chi connectivity index (χ1) is 12.7. The van der Waals surface area contributed by atoms with Crippen LogP contribution in [0.1, 0.15) is 6.42 Å². The number of esters is 4. The Hall–Kier alpha value is -3.04. The van der Waals surface area contributed by atoms with Gasteiger partial charge < -0.3 is 29.2 Å². The summed E-state index contributed by atoms with van der Waals surface area (Å²) in [5.74, 6) is -10.2. The van der Waals surface area contributed by atoms with Crippen LogP contribution in [0.4, 0.5) is 0 Å². The van der Waals surface area contributed by atoms with Gasteiger partial charge in [0.15, 0.2) is 0 Å². The molecule has 10 heteroatoms. The predicted molar refractivity (Wildman–Crippen MR) is 86.0 cm³/mol. The summed E-state index contributed by atoms with van der Waals surface area (Å²) in [7, 11) is 4.27. The largest absolute Gasteiger partial charge is 0.511 e. The van der Waals surface area contributed by atoms with Crippen LogP contribution in [-0.4, -0.2) is 62.5 Å². The molecule has 2 rings (SSSR count). The third-order valence-corrected chi connectivity index (χ3v) is 4.92. The third-order valence-electron chi connectivity index (χ3n) is 4.92. The Morgan fingerprint density at radius 2 is 1.04 bits per heavy atom. The Morgan fingerprint density at radius 1 is 0.704 bits per heavy atom. The van der Waals surface area contributed by atoms with Gasteiger partial charge in [-0.15, -0.1) is 0 Å². The SMILES string of the molecule is COC(=O)C1=C(O)[C@H](C(=O)OC)[C@@H]2C[C@H]1C(C(=O)OC)C(O)=C2C(=O)OC. The van der Waals surface area contributed by atoms with Crippen LogP contribution in [0, 0.1) is 23.7 Å². The lowest BCUT2D eigenvalue weighted by molar-refractivity contribution is -0.151. The standard InChI is InChI=1S/C17H20O10/c1-24-14(20)8-6-5-7(10(12(8)18)16(22)26-3)11(17(23)27-4)13(19)9(6)15(21)25-2/h6-8,11,18-19H,5H2,1-4H3/t6-,7+,8+,11?/m0/s1. The molecule has 0 saturated carbocycles. The average Bonchev–Trinajstić information content (AvgIpc) is 2.66. The molecule has 0 amide bonds. The minimum atomic E-state index is -1.45. The van der Waals surface area contributed by atoms with Crippen molar-refractivity contribution in [2.24, 2.45) is 23.7 Å². The van der Waals surface area contributed by atoms with E-state index in [9.17, 15) is 29.4 Å². The predicted octanol–water partition coefficient (Wildman–Crippen LogP) is 0.185. The van der Waals surface area contributed by atoms with Gasteiger partial charge in [0, 0.05) is 11.8 Å². The Balaban J connectivity index is 2.78. The van der Waals surface area contributed by atoms with Gasteiger partial charge in [0.2, 0.25) is 0 Å². The lowest BCUT2D eigenvalue weighted by Gasteiger charge is -2.42. The number of carbonyl (C=O) groups excluding carboxylic acids is 4. The summed E-state index contributed by atoms with van der Waals surface area (Å²) in [4.78, 5) is 49.0. The zero-order valence-corrected chi connectivity index (χ0v) is 15.2. The topological polar surface area (TPSA) is 146 Å². The van der Waals surface area contributed by atoms with Crippen LogP contribution in [0.5, 0.6) is 0 Å². The van der Waals surface area contributed by atoms with E-state index in [1.54, 1.807) is 0 Å². The number of aliphatic hydroxyl groups excluding tert-OH is 2. The fourth-order valence-electron chi connectivity index (χ4n) is 3.75. The Labute approximate surface area is 154 Å². The summed E-state index contributed by atoms with van der Waals surface area (Å²) >= 11 is 0. The minimum Gasteiger partial charge on any atom is -0.511 e. The molecule has 0 heterocycles. The Kier molecular flexibility index (Phi) is 5.77. The number of methoxy groups -OCH3 is 4. The van der Waals surface area contributed by atoms with Crippen molar-refractivity contribution in [1.82, 2.24) is 0 Å². The summed E-state index contributed by atoms with van der Waals surface area (Å²) in [6.45, 7) is 0. The van der Waals surface area contributed by atoms with Gasteiger partial charge >= 0.3 is 23.9 Å². The molecule has 4 atom stereocenters. The van der Waals surface area contributed by atoms with Crippen molar-refractivity contribution in [1.29, 1.82) is 0 Å². The molecule has 2 aliphatic carbocycles. The molecule has 0 radical (unpaired) electrons. The van der Waals surface area contributed by atoms with E-state index < -0.39 is 59.1 Å². The maximum atomic E-state index is 12.3. The molecule has 148 valence electrons. The van der Waals surface area contributed by atoms with E-state index in [1.807, 2.05) is 0 Å². The Morgan fingerprint density at radius 3 is 1.30 bits per heavy atom. The lowest BCUT2D eigenvalue weighted by Crippen LogP contribution is -2.47. The van der Waals surface area contributed by atoms with Crippen LogP contribution in [0.3, 0.4) is 0 Å². The van der Waals surface area contributed by atoms with Crippen LogP contribution in [0.15, 0.2) is 22.7 Å². The van der Waals surface area contributed by atoms with Gasteiger partial charge in [-0.3, -0.25) is 9.59 Å². The van der Waals surface area contributed by atoms with Crippen LogP contribution >= 0.6 is 0 Å². The molecule has 0 saturated heterocycles. The van der Waals surface area contributed by atoms with Crippen molar-refractivity contribution in [2.75, 3.05) is 28.4 Å². The van der Waals surface area contributed by atoms with Gasteiger partial charge in [-0.25, -0.2) is 9.59 Å². The average molecular weight is 384 g/mol. The molecule has 0 aliphatic heterocycles. The monoisotopic (exact) mass is 384 g/mol. The molecule has 2 N–H and O–H groups in total. The third kappa shape index (κ3) is 3.11. The highest BCUT2D eigenvalue weighted by molar-refractivity contribution is 5.97. The number of hydrogen-bond donors (Lipinski definition) is 2. The van der Waals surface area contributed by atoms with E-state index in [2.05, 4.69) is 18.9 Å². The second-order valence-electron chi connectivity index (χ2n) is 6.03. The molecule has 0 spiro atoms. The number of carbonyl (C=O) groups is 4. The summed E-state index contributed by atoms with van der Waals surface area (Å²) < 4.78 is 18.7. The van der Waals surface area contributed by atoms with E-state index in [0.717, 1.165) is 28.4 Å². The van der Waals surface area contributed by atoms with E-state index in [1.165, 1.54) is 0 Å². The lowest BCUT2D eigenvalue weighted by atomic mass is 9.61. The molecule has 1 unspecified atom stereocenters. The van der Waals surface area contributed by atoms with Gasteiger partial charge in [0.05, 0.1) is 39.6 Å². The van der Waals surface area contributed by atoms with Crippen LogP contribution in [0.25, 0.3) is 0 Å². The highest BCUT2D eigenvalue weighted by Crippen LogP contribution is 2.51. The second kappa shape index (κ2) is 7.68. The number of hydrogen-bond acceptors (Lipinski definition) is 10. The normalized spacial score (nSPS) is 27.0. The van der Waals surface area contributed by atoms with Crippen LogP contribution in [0.2, 0.25) is 0 Å². The molecule has 0 aromatic heterocycles. The summed E-state index contributed by atoms with van der Waals surface area (Å²) in [5, 5.41) is 21.3. The van der Waals surface area contributed by atoms with Crippen LogP contribution < -0.4 is 0 Å². The maximum absolute atomic E-state index is 12.3. The molecule has 0 aromatic rings. The summed E-state index contributed by atoms with van der Waals surface area (Å²) in [6, 6.07) is 0. The summed E-state index contributed by atoms with van der Waals surface area (Å²) in [6.07, 6.45) is -0.0947. The zero-order valence-electron chi connectivity index (χ0n) is 15.2. The number of ether oxygens (including phenoxy) is 4. The van der Waals surface area contributed by atoms with E-state index in [-0.39, 0.29) is 17.6 Å². The number of aliphatic hydroxyl groups is 2. The van der Waals surface area contributed by atoms with E-state index in [0.29, 0.717) is 0 Å². The van der Waals surface area contributed by atoms with Gasteiger partial charge in [-0.1, -0.05) is 0 Å². The minimum absolute atomic E-state index is 0.0947. The first kappa shape index (κ1) is 20.3. The molecule has 27 heavy (non-hydrogen) atoms. The van der Waals surface area contributed by atoms with Gasteiger partial charge in [-0.05, 0) is 6.42 Å². The second-order valence-corrected chi connectivity index (χ2v) is 6.03. The van der Waals surface area contributed by atoms with Crippen molar-refractivity contribution in [3.05, 3.63) is 22.7 Å². The number of rotatable bonds is 4. The molecule has 10 nitrogen and oxygen atoms in total. The Bertz CT molecular complexity index is 685. The molecular formula is C17H20O10. The molecule has 2 aliphatic rings. The van der Waals surface area contributed by atoms with Gasteiger partial charge in [0.1, 0.15) is 23.4 Å². The van der Waals surface area contributed by atoms with Crippen molar-refractivity contribution in [3.63, 3.8) is 0 Å². The maximum Gasteiger partial charge on any atom is 0.337 e.